The SMILES string of the molecule is Cc1cc(/C=N\NC(=O)CNc2cccc3ccccc23)c(C)n1-c1ccccc1I. The van der Waals surface area contributed by atoms with E-state index in [2.05, 4.69) is 87.2 Å². The van der Waals surface area contributed by atoms with Crippen LogP contribution in [-0.4, -0.2) is 23.2 Å². The number of fused-ring (bicyclic) bond motifs is 1. The molecule has 0 aliphatic carbocycles. The maximum Gasteiger partial charge on any atom is 0.259 e. The molecule has 31 heavy (non-hydrogen) atoms. The third-order valence-corrected chi connectivity index (χ3v) is 6.10. The van der Waals surface area contributed by atoms with E-state index in [1.54, 1.807) is 6.21 Å². The number of hydrogen-bond donors (Lipinski definition) is 2. The number of para-hydroxylation sites is 1. The van der Waals surface area contributed by atoms with E-state index in [1.165, 1.54) is 3.57 Å². The van der Waals surface area contributed by atoms with Gasteiger partial charge < -0.3 is 9.88 Å². The van der Waals surface area contributed by atoms with Crippen LogP contribution in [0.5, 0.6) is 0 Å². The van der Waals surface area contributed by atoms with E-state index in [0.29, 0.717) is 0 Å². The minimum atomic E-state index is -0.199. The predicted molar refractivity (Wildman–Crippen MR) is 136 cm³/mol. The molecule has 0 radical (unpaired) electrons. The molecule has 6 heteroatoms. The number of rotatable bonds is 6. The number of amides is 1. The van der Waals surface area contributed by atoms with Gasteiger partial charge in [-0.2, -0.15) is 5.10 Å². The summed E-state index contributed by atoms with van der Waals surface area (Å²) in [5, 5.41) is 9.59. The molecule has 0 fully saturated rings. The summed E-state index contributed by atoms with van der Waals surface area (Å²) in [7, 11) is 0. The van der Waals surface area contributed by atoms with E-state index >= 15 is 0 Å². The van der Waals surface area contributed by atoms with Gasteiger partial charge in [0.1, 0.15) is 0 Å². The first-order valence-corrected chi connectivity index (χ1v) is 11.1. The van der Waals surface area contributed by atoms with Gasteiger partial charge in [0, 0.05) is 31.6 Å². The monoisotopic (exact) mass is 522 g/mol. The van der Waals surface area contributed by atoms with Crippen LogP contribution < -0.4 is 10.7 Å². The van der Waals surface area contributed by atoms with Gasteiger partial charge in [0.25, 0.3) is 5.91 Å². The molecule has 4 aromatic rings. The third-order valence-electron chi connectivity index (χ3n) is 5.19. The largest absolute Gasteiger partial charge is 0.376 e. The van der Waals surface area contributed by atoms with Gasteiger partial charge >= 0.3 is 0 Å². The Bertz CT molecular complexity index is 1270. The highest BCUT2D eigenvalue weighted by atomic mass is 127. The van der Waals surface area contributed by atoms with Crippen molar-refractivity contribution in [2.45, 2.75) is 13.8 Å². The van der Waals surface area contributed by atoms with Crippen LogP contribution in [0.25, 0.3) is 16.5 Å². The zero-order chi connectivity index (χ0) is 21.8. The van der Waals surface area contributed by atoms with Gasteiger partial charge in [-0.1, -0.05) is 48.5 Å². The molecule has 0 unspecified atom stereocenters. The molecule has 1 heterocycles. The number of aryl methyl sites for hydroxylation is 1. The van der Waals surface area contributed by atoms with E-state index in [0.717, 1.165) is 39.1 Å². The van der Waals surface area contributed by atoms with Gasteiger partial charge in [0.15, 0.2) is 0 Å². The number of aromatic nitrogens is 1. The zero-order valence-corrected chi connectivity index (χ0v) is 19.6. The molecule has 0 aliphatic rings. The van der Waals surface area contributed by atoms with E-state index in [-0.39, 0.29) is 12.5 Å². The first kappa shape index (κ1) is 21.1. The molecule has 5 nitrogen and oxygen atoms in total. The van der Waals surface area contributed by atoms with E-state index in [4.69, 9.17) is 0 Å². The molecular weight excluding hydrogens is 499 g/mol. The average molecular weight is 522 g/mol. The lowest BCUT2D eigenvalue weighted by molar-refractivity contribution is -0.119. The second-order valence-corrected chi connectivity index (χ2v) is 8.45. The molecular formula is C25H23IN4O. The highest BCUT2D eigenvalue weighted by Crippen LogP contribution is 2.24. The smallest absolute Gasteiger partial charge is 0.259 e. The van der Waals surface area contributed by atoms with Gasteiger partial charge in [-0.25, -0.2) is 5.43 Å². The van der Waals surface area contributed by atoms with Crippen molar-refractivity contribution in [3.63, 3.8) is 0 Å². The van der Waals surface area contributed by atoms with Crippen molar-refractivity contribution in [3.05, 3.63) is 93.3 Å². The molecule has 0 saturated carbocycles. The topological polar surface area (TPSA) is 58.4 Å². The van der Waals surface area contributed by atoms with Gasteiger partial charge in [0.2, 0.25) is 0 Å². The highest BCUT2D eigenvalue weighted by molar-refractivity contribution is 14.1. The van der Waals surface area contributed by atoms with Gasteiger partial charge in [0.05, 0.1) is 18.4 Å². The molecule has 0 atom stereocenters. The van der Waals surface area contributed by atoms with Crippen molar-refractivity contribution in [1.82, 2.24) is 9.99 Å². The number of carbonyl (C=O) groups excluding carboxylic acids is 1. The number of hydrogen-bond acceptors (Lipinski definition) is 3. The van der Waals surface area contributed by atoms with Crippen LogP contribution in [0.4, 0.5) is 5.69 Å². The Morgan fingerprint density at radius 2 is 1.77 bits per heavy atom. The molecule has 1 amide bonds. The second-order valence-electron chi connectivity index (χ2n) is 7.29. The Balaban J connectivity index is 1.41. The Hall–Kier alpha value is -3.13. The zero-order valence-electron chi connectivity index (χ0n) is 17.4. The minimum absolute atomic E-state index is 0.145. The minimum Gasteiger partial charge on any atom is -0.376 e. The van der Waals surface area contributed by atoms with Crippen LogP contribution in [0, 0.1) is 17.4 Å². The van der Waals surface area contributed by atoms with Crippen LogP contribution >= 0.6 is 22.6 Å². The lowest BCUT2D eigenvalue weighted by Gasteiger charge is -2.11. The third kappa shape index (κ3) is 4.64. The molecule has 1 aromatic heterocycles. The van der Waals surface area contributed by atoms with Gasteiger partial charge in [-0.15, -0.1) is 0 Å². The number of nitrogens with one attached hydrogen (secondary N) is 2. The molecule has 156 valence electrons. The number of halogens is 1. The summed E-state index contributed by atoms with van der Waals surface area (Å²) in [5.41, 5.74) is 7.85. The number of nitrogens with zero attached hydrogens (tertiary/aromatic N) is 2. The molecule has 0 aliphatic heterocycles. The van der Waals surface area contributed by atoms with E-state index in [9.17, 15) is 4.79 Å². The molecule has 2 N–H and O–H groups in total. The van der Waals surface area contributed by atoms with Crippen molar-refractivity contribution in [3.8, 4) is 5.69 Å². The Morgan fingerprint density at radius 3 is 2.61 bits per heavy atom. The fourth-order valence-electron chi connectivity index (χ4n) is 3.69. The van der Waals surface area contributed by atoms with Crippen molar-refractivity contribution >= 4 is 51.2 Å². The fraction of sp³-hybridized carbons (Fsp3) is 0.120. The van der Waals surface area contributed by atoms with Crippen molar-refractivity contribution in [2.75, 3.05) is 11.9 Å². The standard InChI is InChI=1S/C25H23IN4O/c1-17-14-20(18(2)30(17)24-13-6-5-11-22(24)26)15-28-29-25(31)16-27-23-12-7-9-19-8-3-4-10-21(19)23/h3-15,27H,16H2,1-2H3,(H,29,31)/b28-15-. The van der Waals surface area contributed by atoms with Crippen molar-refractivity contribution in [2.24, 2.45) is 5.10 Å². The van der Waals surface area contributed by atoms with E-state index < -0.39 is 0 Å². The molecule has 0 spiro atoms. The van der Waals surface area contributed by atoms with Crippen molar-refractivity contribution < 1.29 is 4.79 Å². The summed E-state index contributed by atoms with van der Waals surface area (Å²) in [4.78, 5) is 12.3. The van der Waals surface area contributed by atoms with Crippen LogP contribution in [0.15, 0.2) is 77.9 Å². The normalized spacial score (nSPS) is 11.2. The molecule has 3 aromatic carbocycles. The van der Waals surface area contributed by atoms with Crippen LogP contribution in [0.2, 0.25) is 0 Å². The van der Waals surface area contributed by atoms with Crippen LogP contribution in [-0.2, 0) is 4.79 Å². The number of benzene rings is 3. The number of anilines is 1. The lowest BCUT2D eigenvalue weighted by atomic mass is 10.1. The maximum atomic E-state index is 12.3. The summed E-state index contributed by atoms with van der Waals surface area (Å²) in [6, 6.07) is 24.4. The summed E-state index contributed by atoms with van der Waals surface area (Å²) in [5.74, 6) is -0.199. The average Bonchev–Trinajstić information content (AvgIpc) is 3.05. The number of carbonyl (C=O) groups is 1. The van der Waals surface area contributed by atoms with Crippen molar-refractivity contribution in [1.29, 1.82) is 0 Å². The maximum absolute atomic E-state index is 12.3. The molecule has 0 bridgehead atoms. The molecule has 0 saturated heterocycles. The Kier molecular flexibility index (Phi) is 6.36. The van der Waals surface area contributed by atoms with Gasteiger partial charge in [-0.3, -0.25) is 4.79 Å². The molecule has 4 rings (SSSR count). The lowest BCUT2D eigenvalue weighted by Crippen LogP contribution is -2.25. The van der Waals surface area contributed by atoms with Gasteiger partial charge in [-0.05, 0) is 66.1 Å². The summed E-state index contributed by atoms with van der Waals surface area (Å²) < 4.78 is 3.38. The summed E-state index contributed by atoms with van der Waals surface area (Å²) in [6.45, 7) is 4.27. The Labute approximate surface area is 195 Å². The first-order valence-electron chi connectivity index (χ1n) is 10.0. The first-order chi connectivity index (χ1) is 15.0. The summed E-state index contributed by atoms with van der Waals surface area (Å²) in [6.07, 6.45) is 1.70. The fourth-order valence-corrected chi connectivity index (χ4v) is 4.32. The predicted octanol–water partition coefficient (Wildman–Crippen LogP) is 5.41. The Morgan fingerprint density at radius 1 is 1.03 bits per heavy atom. The number of hydrazone groups is 1. The highest BCUT2D eigenvalue weighted by Gasteiger charge is 2.11. The van der Waals surface area contributed by atoms with Crippen LogP contribution in [0.1, 0.15) is 17.0 Å². The summed E-state index contributed by atoms with van der Waals surface area (Å²) >= 11 is 2.34. The quantitative estimate of drug-likeness (QED) is 0.202. The van der Waals surface area contributed by atoms with Crippen LogP contribution in [0.3, 0.4) is 0 Å². The van der Waals surface area contributed by atoms with E-state index in [1.807, 2.05) is 42.5 Å². The second kappa shape index (κ2) is 9.34.